The first-order chi connectivity index (χ1) is 24.4. The van der Waals surface area contributed by atoms with E-state index in [9.17, 15) is 14.4 Å². The summed E-state index contributed by atoms with van der Waals surface area (Å²) in [5.41, 5.74) is 6.57. The lowest BCUT2D eigenvalue weighted by Gasteiger charge is -2.44. The second-order valence-corrected chi connectivity index (χ2v) is 13.3. The molecule has 13 heteroatoms. The molecule has 7 N–H and O–H groups in total. The topological polar surface area (TPSA) is 174 Å². The van der Waals surface area contributed by atoms with E-state index in [1.165, 1.54) is 0 Å². The number of quaternary nitrogens is 1. The third kappa shape index (κ3) is 9.61. The highest BCUT2D eigenvalue weighted by molar-refractivity contribution is 6.11. The summed E-state index contributed by atoms with van der Waals surface area (Å²) in [5, 5.41) is 12.8. The van der Waals surface area contributed by atoms with E-state index in [0.29, 0.717) is 35.4 Å². The Labute approximate surface area is 297 Å². The molecule has 51 heavy (non-hydrogen) atoms. The number of hydrogen-bond acceptors (Lipinski definition) is 9. The molecule has 0 spiro atoms. The number of anilines is 3. The number of ether oxygens (including phenoxy) is 2. The monoisotopic (exact) mass is 693 g/mol. The highest BCUT2D eigenvalue weighted by atomic mass is 16.6. The van der Waals surface area contributed by atoms with Gasteiger partial charge >= 0.3 is 12.2 Å². The van der Waals surface area contributed by atoms with Crippen molar-refractivity contribution in [3.8, 4) is 0 Å². The molecule has 3 heterocycles. The van der Waals surface area contributed by atoms with Gasteiger partial charge in [-0.2, -0.15) is 0 Å². The molecule has 0 aliphatic carbocycles. The first-order valence-corrected chi connectivity index (χ1v) is 16.7. The number of carbonyl (C=O) groups excluding carboxylic acids is 3. The van der Waals surface area contributed by atoms with Gasteiger partial charge in [0.1, 0.15) is 18.4 Å². The summed E-state index contributed by atoms with van der Waals surface area (Å²) in [4.78, 5) is 51.0. The fourth-order valence-electron chi connectivity index (χ4n) is 5.92. The maximum Gasteiger partial charge on any atom is 0.412 e. The fourth-order valence-corrected chi connectivity index (χ4v) is 5.92. The largest absolute Gasteiger partial charge is 0.444 e. The van der Waals surface area contributed by atoms with Crippen molar-refractivity contribution in [3.63, 3.8) is 0 Å². The van der Waals surface area contributed by atoms with E-state index >= 15 is 0 Å². The summed E-state index contributed by atoms with van der Waals surface area (Å²) in [7, 11) is 0. The van der Waals surface area contributed by atoms with E-state index in [-0.39, 0.29) is 36.0 Å². The number of hydrogen-bond donors (Lipinski definition) is 5. The van der Waals surface area contributed by atoms with Crippen molar-refractivity contribution in [1.29, 1.82) is 0 Å². The van der Waals surface area contributed by atoms with Crippen molar-refractivity contribution < 1.29 is 29.6 Å². The minimum absolute atomic E-state index is 0.0177. The van der Waals surface area contributed by atoms with Crippen LogP contribution < -0.4 is 31.9 Å². The van der Waals surface area contributed by atoms with Gasteiger partial charge in [0.25, 0.3) is 5.91 Å². The number of nitrogens with zero attached hydrogens (tertiary/aromatic N) is 3. The molecule has 1 aliphatic rings. The molecule has 4 aromatic rings. The summed E-state index contributed by atoms with van der Waals surface area (Å²) >= 11 is 0. The van der Waals surface area contributed by atoms with Crippen molar-refractivity contribution in [2.75, 3.05) is 28.6 Å². The van der Waals surface area contributed by atoms with Crippen LogP contribution in [0.25, 0.3) is 17.0 Å². The van der Waals surface area contributed by atoms with Crippen molar-refractivity contribution in [2.45, 2.75) is 52.0 Å². The van der Waals surface area contributed by atoms with Gasteiger partial charge in [-0.15, -0.1) is 0 Å². The Morgan fingerprint density at radius 1 is 1.02 bits per heavy atom. The number of nitrogens with one attached hydrogen (secondary N) is 4. The molecule has 5 rings (SSSR count). The number of benzene rings is 2. The number of rotatable bonds is 10. The number of pyridine rings is 2. The van der Waals surface area contributed by atoms with Crippen molar-refractivity contribution in [2.24, 2.45) is 5.92 Å². The summed E-state index contributed by atoms with van der Waals surface area (Å²) < 4.78 is 11.0. The average Bonchev–Trinajstić information content (AvgIpc) is 3.09. The molecule has 0 bridgehead atoms. The third-order valence-corrected chi connectivity index (χ3v) is 8.21. The van der Waals surface area contributed by atoms with Gasteiger partial charge in [0.2, 0.25) is 0 Å². The summed E-state index contributed by atoms with van der Waals surface area (Å²) in [6.07, 6.45) is 7.04. The molecule has 0 unspecified atom stereocenters. The van der Waals surface area contributed by atoms with Gasteiger partial charge in [-0.05, 0) is 56.0 Å². The van der Waals surface area contributed by atoms with Gasteiger partial charge in [-0.3, -0.25) is 15.1 Å². The Balaban J connectivity index is 1.42. The standard InChI is InChI=1S/C38H44N8O5/c1-6-25-12-13-27-19-29(44-36(48)50-23-26-10-8-7-9-11-26)34(42-28(27)18-25)35(47)43-30-20-40-16-14-32(30)46-21-24(2)33(41-17-15-39)31(22-46)45-37(49)51-38(3,4)5/h6-20,24,31,33,41H,1,21-23,39H2,2-5H3,(H,43,47)(H,44,48)(H,45,49)/p+1/b17-15-/t24-,31+,33-/m0/s1. The Morgan fingerprint density at radius 2 is 1.80 bits per heavy atom. The van der Waals surface area contributed by atoms with Crippen LogP contribution in [0.5, 0.6) is 0 Å². The number of aromatic nitrogens is 2. The van der Waals surface area contributed by atoms with E-state index in [1.54, 1.807) is 43.0 Å². The lowest BCUT2D eigenvalue weighted by Crippen LogP contribution is -2.63. The Morgan fingerprint density at radius 3 is 2.53 bits per heavy atom. The number of fused-ring (bicyclic) bond motifs is 1. The fraction of sp³-hybridized carbons (Fsp3) is 0.289. The Bertz CT molecular complexity index is 1910. The molecule has 1 saturated heterocycles. The van der Waals surface area contributed by atoms with E-state index in [2.05, 4.69) is 55.4 Å². The van der Waals surface area contributed by atoms with Crippen LogP contribution in [0.1, 0.15) is 49.3 Å². The molecule has 0 saturated carbocycles. The molecule has 1 aliphatic heterocycles. The van der Waals surface area contributed by atoms with E-state index < -0.39 is 23.7 Å². The van der Waals surface area contributed by atoms with Crippen LogP contribution in [0.2, 0.25) is 0 Å². The predicted octanol–water partition coefficient (Wildman–Crippen LogP) is 5.29. The Hall–Kier alpha value is -5.95. The lowest BCUT2D eigenvalue weighted by molar-refractivity contribution is -0.275. The minimum Gasteiger partial charge on any atom is -0.444 e. The molecule has 0 radical (unpaired) electrons. The molecular formula is C38H45N8O5+. The van der Waals surface area contributed by atoms with Crippen LogP contribution in [0.3, 0.4) is 0 Å². The van der Waals surface area contributed by atoms with Gasteiger partial charge in [0.05, 0.1) is 47.1 Å². The van der Waals surface area contributed by atoms with Gasteiger partial charge < -0.3 is 36.1 Å². The highest BCUT2D eigenvalue weighted by Crippen LogP contribution is 2.31. The van der Waals surface area contributed by atoms with Crippen LogP contribution in [-0.4, -0.2) is 58.8 Å². The predicted molar refractivity (Wildman–Crippen MR) is 198 cm³/mol. The van der Waals surface area contributed by atoms with Crippen LogP contribution in [0.4, 0.5) is 26.7 Å². The first kappa shape index (κ1) is 36.3. The summed E-state index contributed by atoms with van der Waals surface area (Å²) in [6.45, 7) is 12.4. The smallest absolute Gasteiger partial charge is 0.412 e. The molecule has 2 aromatic carbocycles. The quantitative estimate of drug-likeness (QED) is 0.148. The molecule has 3 amide bonds. The molecule has 2 aromatic heterocycles. The van der Waals surface area contributed by atoms with Crippen LogP contribution in [-0.2, 0) is 16.1 Å². The zero-order valence-corrected chi connectivity index (χ0v) is 29.3. The summed E-state index contributed by atoms with van der Waals surface area (Å²) in [6, 6.07) is 17.8. The summed E-state index contributed by atoms with van der Waals surface area (Å²) in [5.74, 6) is -0.521. The second kappa shape index (κ2) is 16.2. The van der Waals surface area contributed by atoms with Crippen LogP contribution in [0, 0.1) is 5.92 Å². The molecule has 1 fully saturated rings. The maximum atomic E-state index is 14.1. The minimum atomic E-state index is -0.735. The van der Waals surface area contributed by atoms with Gasteiger partial charge in [0.15, 0.2) is 5.69 Å². The molecule has 3 atom stereocenters. The van der Waals surface area contributed by atoms with Gasteiger partial charge in [-0.1, -0.05) is 62.0 Å². The zero-order valence-electron chi connectivity index (χ0n) is 29.3. The van der Waals surface area contributed by atoms with Gasteiger partial charge in [0, 0.05) is 24.7 Å². The van der Waals surface area contributed by atoms with Crippen molar-refractivity contribution in [3.05, 3.63) is 109 Å². The number of amides is 3. The average molecular weight is 694 g/mol. The van der Waals surface area contributed by atoms with Gasteiger partial charge in [-0.25, -0.2) is 14.6 Å². The van der Waals surface area contributed by atoms with E-state index in [1.807, 2.05) is 69.3 Å². The van der Waals surface area contributed by atoms with Crippen LogP contribution >= 0.6 is 0 Å². The lowest BCUT2D eigenvalue weighted by atomic mass is 9.89. The number of carbonyl (C=O) groups is 3. The molecule has 13 nitrogen and oxygen atoms in total. The third-order valence-electron chi connectivity index (χ3n) is 8.21. The van der Waals surface area contributed by atoms with E-state index in [0.717, 1.165) is 11.1 Å². The SMILES string of the molecule is C=Cc1ccc2cc(NC(=O)OCc3ccccc3)c(C(=O)Nc3cnccc3N3C[C@H](C)[C@H](N/C=C\[NH3+])[C@H](NC(=O)OC(C)(C)C)C3)nc2c1. The van der Waals surface area contributed by atoms with Crippen molar-refractivity contribution >= 4 is 52.1 Å². The van der Waals surface area contributed by atoms with Crippen molar-refractivity contribution in [1.82, 2.24) is 20.6 Å². The van der Waals surface area contributed by atoms with E-state index in [4.69, 9.17) is 9.47 Å². The Kier molecular flexibility index (Phi) is 11.5. The first-order valence-electron chi connectivity index (χ1n) is 16.7. The maximum absolute atomic E-state index is 14.1. The van der Waals surface area contributed by atoms with Crippen LogP contribution in [0.15, 0.2) is 92.0 Å². The number of alkyl carbamates (subject to hydrolysis) is 1. The zero-order chi connectivity index (χ0) is 36.5. The molecule has 266 valence electrons. The highest BCUT2D eigenvalue weighted by Gasteiger charge is 2.37. The second-order valence-electron chi connectivity index (χ2n) is 13.3. The normalized spacial score (nSPS) is 17.4. The molecular weight excluding hydrogens is 648 g/mol. The number of piperidine rings is 1.